The van der Waals surface area contributed by atoms with Crippen molar-refractivity contribution in [3.05, 3.63) is 40.8 Å². The van der Waals surface area contributed by atoms with Crippen molar-refractivity contribution in [2.45, 2.75) is 30.3 Å². The molecule has 1 N–H and O–H groups in total. The molecule has 1 amide bonds. The van der Waals surface area contributed by atoms with Crippen LogP contribution in [0.3, 0.4) is 0 Å². The molecule has 0 saturated carbocycles. The summed E-state index contributed by atoms with van der Waals surface area (Å²) in [6, 6.07) is 5.59. The molecule has 1 fully saturated rings. The van der Waals surface area contributed by atoms with E-state index in [1.807, 2.05) is 5.38 Å². The third kappa shape index (κ3) is 3.83. The predicted octanol–water partition coefficient (Wildman–Crippen LogP) is 1.62. The SMILES string of the molecule is COc1cccc(S(=O)(=O)N2CCCC2C(=O)NCc2cscn2)c1. The van der Waals surface area contributed by atoms with Gasteiger partial charge in [-0.2, -0.15) is 4.31 Å². The minimum Gasteiger partial charge on any atom is -0.497 e. The van der Waals surface area contributed by atoms with E-state index in [0.29, 0.717) is 31.7 Å². The Morgan fingerprint density at radius 1 is 1.48 bits per heavy atom. The van der Waals surface area contributed by atoms with Gasteiger partial charge in [0.2, 0.25) is 15.9 Å². The molecule has 0 spiro atoms. The summed E-state index contributed by atoms with van der Waals surface area (Å²) in [7, 11) is -2.28. The van der Waals surface area contributed by atoms with Crippen LogP contribution in [0.15, 0.2) is 40.1 Å². The van der Waals surface area contributed by atoms with Gasteiger partial charge in [0.05, 0.1) is 29.8 Å². The van der Waals surface area contributed by atoms with Crippen molar-refractivity contribution in [3.8, 4) is 5.75 Å². The Bertz CT molecular complexity index is 837. The number of hydrogen-bond acceptors (Lipinski definition) is 6. The van der Waals surface area contributed by atoms with Crippen LogP contribution < -0.4 is 10.1 Å². The average molecular weight is 381 g/mol. The van der Waals surface area contributed by atoms with E-state index >= 15 is 0 Å². The number of aromatic nitrogens is 1. The monoisotopic (exact) mass is 381 g/mol. The van der Waals surface area contributed by atoms with Crippen molar-refractivity contribution >= 4 is 27.3 Å². The Morgan fingerprint density at radius 2 is 2.32 bits per heavy atom. The zero-order valence-electron chi connectivity index (χ0n) is 13.7. The number of methoxy groups -OCH3 is 1. The van der Waals surface area contributed by atoms with Crippen molar-refractivity contribution in [3.63, 3.8) is 0 Å². The van der Waals surface area contributed by atoms with Crippen LogP contribution in [-0.4, -0.2) is 43.3 Å². The van der Waals surface area contributed by atoms with E-state index in [-0.39, 0.29) is 10.8 Å². The van der Waals surface area contributed by atoms with Gasteiger partial charge in [0.1, 0.15) is 11.8 Å². The number of amides is 1. The number of thiazole rings is 1. The van der Waals surface area contributed by atoms with Crippen molar-refractivity contribution < 1.29 is 17.9 Å². The second kappa shape index (κ2) is 7.51. The molecular weight excluding hydrogens is 362 g/mol. The van der Waals surface area contributed by atoms with Crippen molar-refractivity contribution in [1.29, 1.82) is 0 Å². The fourth-order valence-electron chi connectivity index (χ4n) is 2.81. The van der Waals surface area contributed by atoms with Gasteiger partial charge < -0.3 is 10.1 Å². The molecule has 1 aromatic heterocycles. The lowest BCUT2D eigenvalue weighted by Crippen LogP contribution is -2.45. The molecule has 0 radical (unpaired) electrons. The maximum absolute atomic E-state index is 12.9. The van der Waals surface area contributed by atoms with Gasteiger partial charge in [0, 0.05) is 18.0 Å². The molecule has 25 heavy (non-hydrogen) atoms. The number of ether oxygens (including phenoxy) is 1. The van der Waals surface area contributed by atoms with E-state index in [1.165, 1.54) is 34.9 Å². The average Bonchev–Trinajstić information content (AvgIpc) is 3.31. The third-order valence-electron chi connectivity index (χ3n) is 4.08. The minimum atomic E-state index is -3.76. The summed E-state index contributed by atoms with van der Waals surface area (Å²) < 4.78 is 32.2. The topological polar surface area (TPSA) is 88.6 Å². The number of nitrogens with zero attached hydrogens (tertiary/aromatic N) is 2. The van der Waals surface area contributed by atoms with Crippen molar-refractivity contribution in [2.24, 2.45) is 0 Å². The van der Waals surface area contributed by atoms with Crippen molar-refractivity contribution in [2.75, 3.05) is 13.7 Å². The Kier molecular flexibility index (Phi) is 5.36. The summed E-state index contributed by atoms with van der Waals surface area (Å²) in [4.78, 5) is 16.7. The highest BCUT2D eigenvalue weighted by atomic mass is 32.2. The van der Waals surface area contributed by atoms with Gasteiger partial charge in [-0.25, -0.2) is 13.4 Å². The zero-order valence-corrected chi connectivity index (χ0v) is 15.3. The lowest BCUT2D eigenvalue weighted by atomic mass is 10.2. The van der Waals surface area contributed by atoms with Gasteiger partial charge in [-0.15, -0.1) is 11.3 Å². The molecule has 2 heterocycles. The third-order valence-corrected chi connectivity index (χ3v) is 6.62. The van der Waals surface area contributed by atoms with Crippen LogP contribution in [0.1, 0.15) is 18.5 Å². The van der Waals surface area contributed by atoms with Gasteiger partial charge >= 0.3 is 0 Å². The van der Waals surface area contributed by atoms with Crippen LogP contribution in [0.2, 0.25) is 0 Å². The highest BCUT2D eigenvalue weighted by Crippen LogP contribution is 2.28. The molecule has 134 valence electrons. The van der Waals surface area contributed by atoms with Crippen LogP contribution in [0.5, 0.6) is 5.75 Å². The maximum Gasteiger partial charge on any atom is 0.243 e. The Labute approximate surface area is 150 Å². The molecule has 0 bridgehead atoms. The van der Waals surface area contributed by atoms with Crippen LogP contribution >= 0.6 is 11.3 Å². The normalized spacial score (nSPS) is 18.2. The number of rotatable bonds is 6. The van der Waals surface area contributed by atoms with Gasteiger partial charge in [-0.3, -0.25) is 4.79 Å². The molecule has 0 aliphatic carbocycles. The molecule has 2 aromatic rings. The summed E-state index contributed by atoms with van der Waals surface area (Å²) in [5, 5.41) is 4.62. The number of sulfonamides is 1. The van der Waals surface area contributed by atoms with E-state index in [4.69, 9.17) is 4.74 Å². The Morgan fingerprint density at radius 3 is 3.04 bits per heavy atom. The molecule has 1 unspecified atom stereocenters. The summed E-state index contributed by atoms with van der Waals surface area (Å²) in [6.45, 7) is 0.625. The molecule has 1 saturated heterocycles. The standard InChI is InChI=1S/C16H19N3O4S2/c1-23-13-4-2-5-14(8-13)25(21,22)19-7-3-6-15(19)16(20)17-9-12-10-24-11-18-12/h2,4-5,8,10-11,15H,3,6-7,9H2,1H3,(H,17,20). The molecule has 7 nitrogen and oxygen atoms in total. The second-order valence-corrected chi connectivity index (χ2v) is 8.26. The lowest BCUT2D eigenvalue weighted by Gasteiger charge is -2.23. The number of benzene rings is 1. The van der Waals surface area contributed by atoms with Crippen LogP contribution in [-0.2, 0) is 21.4 Å². The maximum atomic E-state index is 12.9. The number of hydrogen-bond donors (Lipinski definition) is 1. The van der Waals surface area contributed by atoms with E-state index in [9.17, 15) is 13.2 Å². The first-order valence-corrected chi connectivity index (χ1v) is 10.2. The molecule has 1 aliphatic rings. The number of carbonyl (C=O) groups is 1. The zero-order chi connectivity index (χ0) is 17.9. The molecule has 9 heteroatoms. The highest BCUT2D eigenvalue weighted by molar-refractivity contribution is 7.89. The van der Waals surface area contributed by atoms with E-state index in [1.54, 1.807) is 17.6 Å². The van der Waals surface area contributed by atoms with Gasteiger partial charge in [-0.05, 0) is 25.0 Å². The smallest absolute Gasteiger partial charge is 0.243 e. The summed E-state index contributed by atoms with van der Waals surface area (Å²) in [6.07, 6.45) is 1.16. The van der Waals surface area contributed by atoms with Gasteiger partial charge in [-0.1, -0.05) is 6.07 Å². The first-order valence-electron chi connectivity index (χ1n) is 7.83. The number of nitrogens with one attached hydrogen (secondary N) is 1. The summed E-state index contributed by atoms with van der Waals surface area (Å²) >= 11 is 1.45. The van der Waals surface area contributed by atoms with E-state index in [2.05, 4.69) is 10.3 Å². The highest BCUT2D eigenvalue weighted by Gasteiger charge is 2.39. The summed E-state index contributed by atoms with van der Waals surface area (Å²) in [5.41, 5.74) is 2.45. The van der Waals surface area contributed by atoms with E-state index < -0.39 is 16.1 Å². The van der Waals surface area contributed by atoms with E-state index in [0.717, 1.165) is 5.69 Å². The Hall–Kier alpha value is -1.97. The van der Waals surface area contributed by atoms with Gasteiger partial charge in [0.25, 0.3) is 0 Å². The van der Waals surface area contributed by atoms with Crippen LogP contribution in [0, 0.1) is 0 Å². The predicted molar refractivity (Wildman–Crippen MR) is 93.9 cm³/mol. The Balaban J connectivity index is 1.76. The molecule has 1 atom stereocenters. The van der Waals surface area contributed by atoms with Gasteiger partial charge in [0.15, 0.2) is 0 Å². The lowest BCUT2D eigenvalue weighted by molar-refractivity contribution is -0.124. The molecule has 3 rings (SSSR count). The molecule has 1 aromatic carbocycles. The first kappa shape index (κ1) is 17.8. The first-order chi connectivity index (χ1) is 12.0. The minimum absolute atomic E-state index is 0.131. The molecular formula is C16H19N3O4S2. The van der Waals surface area contributed by atoms with Crippen LogP contribution in [0.4, 0.5) is 0 Å². The second-order valence-electron chi connectivity index (χ2n) is 5.65. The number of carbonyl (C=O) groups excluding carboxylic acids is 1. The largest absolute Gasteiger partial charge is 0.497 e. The van der Waals surface area contributed by atoms with Crippen LogP contribution in [0.25, 0.3) is 0 Å². The quantitative estimate of drug-likeness (QED) is 0.821. The summed E-state index contributed by atoms with van der Waals surface area (Å²) in [5.74, 6) is 0.168. The fourth-order valence-corrected chi connectivity index (χ4v) is 5.06. The molecule has 1 aliphatic heterocycles. The fraction of sp³-hybridized carbons (Fsp3) is 0.375. The van der Waals surface area contributed by atoms with Crippen molar-refractivity contribution in [1.82, 2.24) is 14.6 Å².